The zero-order chi connectivity index (χ0) is 24.8. The van der Waals surface area contributed by atoms with Crippen molar-refractivity contribution in [1.82, 2.24) is 4.57 Å². The van der Waals surface area contributed by atoms with Crippen LogP contribution in [-0.2, 0) is 4.57 Å². The molecule has 4 rings (SSSR count). The Kier molecular flexibility index (Phi) is 6.60. The van der Waals surface area contributed by atoms with Gasteiger partial charge in [0, 0.05) is 37.9 Å². The predicted molar refractivity (Wildman–Crippen MR) is 128 cm³/mol. The Bertz CT molecular complexity index is 1290. The van der Waals surface area contributed by atoms with Gasteiger partial charge in [-0.1, -0.05) is 0 Å². The van der Waals surface area contributed by atoms with Crippen molar-refractivity contribution in [3.05, 3.63) is 45.3 Å². The molecule has 2 fully saturated rings. The molecule has 0 amide bonds. The molecule has 0 spiro atoms. The zero-order valence-corrected chi connectivity index (χ0v) is 20.5. The van der Waals surface area contributed by atoms with Crippen LogP contribution in [0.5, 0.6) is 5.75 Å². The number of aromatic carboxylic acids is 1. The third kappa shape index (κ3) is 4.76. The number of methoxy groups -OCH3 is 1. The summed E-state index contributed by atoms with van der Waals surface area (Å²) in [6.07, 6.45) is 4.43. The van der Waals surface area contributed by atoms with E-state index in [1.165, 1.54) is 13.3 Å². The molecule has 184 valence electrons. The van der Waals surface area contributed by atoms with E-state index in [0.717, 1.165) is 18.9 Å². The standard InChI is InChI=1S/C24H29F2N2O5P/c1-33-23-20-16(22(29)17(24(30)31)13-28(20)15-6-7-15)11-19(26)21(23)27-9-4-5-14(12-27)18(25)8-10-34(2,3)32/h11,13,15H,4-10,12H2,1-3H3,(H,30,31)/b18-14+. The molecule has 1 aromatic carbocycles. The van der Waals surface area contributed by atoms with Crippen LogP contribution in [0.3, 0.4) is 0 Å². The second kappa shape index (κ2) is 9.17. The van der Waals surface area contributed by atoms with Crippen molar-refractivity contribution in [2.45, 2.75) is 38.1 Å². The van der Waals surface area contributed by atoms with E-state index in [4.69, 9.17) is 4.74 Å². The van der Waals surface area contributed by atoms with Crippen LogP contribution < -0.4 is 15.1 Å². The van der Waals surface area contributed by atoms with Gasteiger partial charge in [0.1, 0.15) is 17.1 Å². The number of ether oxygens (including phenoxy) is 1. The van der Waals surface area contributed by atoms with Crippen molar-refractivity contribution < 1.29 is 28.0 Å². The minimum atomic E-state index is -2.36. The number of hydrogen-bond donors (Lipinski definition) is 1. The average Bonchev–Trinajstić information content (AvgIpc) is 3.62. The summed E-state index contributed by atoms with van der Waals surface area (Å²) in [6, 6.07) is 1.07. The quantitative estimate of drug-likeness (QED) is 0.544. The highest BCUT2D eigenvalue weighted by molar-refractivity contribution is 7.62. The minimum Gasteiger partial charge on any atom is -0.492 e. The van der Waals surface area contributed by atoms with E-state index in [1.54, 1.807) is 22.8 Å². The molecule has 0 unspecified atom stereocenters. The molecule has 0 radical (unpaired) electrons. The third-order valence-electron chi connectivity index (χ3n) is 6.43. The summed E-state index contributed by atoms with van der Waals surface area (Å²) in [4.78, 5) is 26.2. The number of nitrogens with zero attached hydrogens (tertiary/aromatic N) is 2. The fourth-order valence-electron chi connectivity index (χ4n) is 4.55. The van der Waals surface area contributed by atoms with Gasteiger partial charge < -0.3 is 23.9 Å². The van der Waals surface area contributed by atoms with E-state index in [0.29, 0.717) is 30.5 Å². The number of fused-ring (bicyclic) bond motifs is 1. The largest absolute Gasteiger partial charge is 0.492 e. The van der Waals surface area contributed by atoms with E-state index in [9.17, 15) is 23.7 Å². The van der Waals surface area contributed by atoms with E-state index < -0.39 is 29.9 Å². The number of benzene rings is 1. The molecule has 2 aromatic rings. The monoisotopic (exact) mass is 494 g/mol. The Labute approximate surface area is 196 Å². The lowest BCUT2D eigenvalue weighted by Crippen LogP contribution is -2.33. The van der Waals surface area contributed by atoms with Crippen LogP contribution in [0.1, 0.15) is 48.5 Å². The highest BCUT2D eigenvalue weighted by Crippen LogP contribution is 2.45. The molecule has 1 aromatic heterocycles. The molecule has 1 saturated heterocycles. The lowest BCUT2D eigenvalue weighted by atomic mass is 10.0. The number of hydrogen-bond acceptors (Lipinski definition) is 5. The Morgan fingerprint density at radius 1 is 1.32 bits per heavy atom. The summed E-state index contributed by atoms with van der Waals surface area (Å²) in [5.41, 5.74) is -0.151. The van der Waals surface area contributed by atoms with Gasteiger partial charge in [-0.3, -0.25) is 4.79 Å². The van der Waals surface area contributed by atoms with Gasteiger partial charge in [-0.15, -0.1) is 0 Å². The molecule has 2 aliphatic rings. The Balaban J connectivity index is 1.83. The summed E-state index contributed by atoms with van der Waals surface area (Å²) in [6.45, 7) is 3.88. The summed E-state index contributed by atoms with van der Waals surface area (Å²) in [7, 11) is -0.978. The van der Waals surface area contributed by atoms with Crippen LogP contribution in [0.15, 0.2) is 28.5 Å². The minimum absolute atomic E-state index is 0.00134. The van der Waals surface area contributed by atoms with Crippen molar-refractivity contribution in [1.29, 1.82) is 0 Å². The Morgan fingerprint density at radius 2 is 2.03 bits per heavy atom. The summed E-state index contributed by atoms with van der Waals surface area (Å²) in [5, 5.41) is 9.43. The van der Waals surface area contributed by atoms with Crippen molar-refractivity contribution in [3.63, 3.8) is 0 Å². The van der Waals surface area contributed by atoms with Gasteiger partial charge in [0.2, 0.25) is 5.43 Å². The molecule has 1 aliphatic carbocycles. The number of aromatic nitrogens is 1. The van der Waals surface area contributed by atoms with Gasteiger partial charge in [-0.05, 0) is 50.7 Å². The van der Waals surface area contributed by atoms with Crippen molar-refractivity contribution in [3.8, 4) is 5.75 Å². The summed E-state index contributed by atoms with van der Waals surface area (Å²) >= 11 is 0. The van der Waals surface area contributed by atoms with Gasteiger partial charge in [0.05, 0.1) is 25.2 Å². The van der Waals surface area contributed by atoms with Gasteiger partial charge in [-0.2, -0.15) is 0 Å². The molecule has 34 heavy (non-hydrogen) atoms. The van der Waals surface area contributed by atoms with Gasteiger partial charge >= 0.3 is 5.97 Å². The zero-order valence-electron chi connectivity index (χ0n) is 19.6. The maximum atomic E-state index is 15.5. The Morgan fingerprint density at radius 3 is 2.62 bits per heavy atom. The first-order valence-electron chi connectivity index (χ1n) is 11.4. The van der Waals surface area contributed by atoms with E-state index in [2.05, 4.69) is 0 Å². The molecule has 1 aliphatic heterocycles. The molecule has 1 saturated carbocycles. The second-order valence-corrected chi connectivity index (χ2v) is 13.1. The predicted octanol–water partition coefficient (Wildman–Crippen LogP) is 5.02. The number of carboxylic acid groups (broad SMARTS) is 1. The van der Waals surface area contributed by atoms with E-state index in [1.807, 2.05) is 0 Å². The molecule has 2 heterocycles. The van der Waals surface area contributed by atoms with Gasteiger partial charge in [0.25, 0.3) is 0 Å². The van der Waals surface area contributed by atoms with Gasteiger partial charge in [-0.25, -0.2) is 13.6 Å². The third-order valence-corrected chi connectivity index (χ3v) is 7.73. The number of carboxylic acids is 1. The lowest BCUT2D eigenvalue weighted by Gasteiger charge is -2.33. The van der Waals surface area contributed by atoms with Crippen LogP contribution in [0.25, 0.3) is 10.9 Å². The molecule has 10 heteroatoms. The van der Waals surface area contributed by atoms with Crippen molar-refractivity contribution in [2.75, 3.05) is 44.6 Å². The van der Waals surface area contributed by atoms with E-state index in [-0.39, 0.29) is 47.8 Å². The van der Waals surface area contributed by atoms with Crippen molar-refractivity contribution in [2.24, 2.45) is 0 Å². The first-order chi connectivity index (χ1) is 16.0. The first kappa shape index (κ1) is 24.5. The van der Waals surface area contributed by atoms with Crippen LogP contribution in [0.2, 0.25) is 0 Å². The topological polar surface area (TPSA) is 88.8 Å². The number of halogens is 2. The highest BCUT2D eigenvalue weighted by atomic mass is 31.2. The second-order valence-electron chi connectivity index (χ2n) is 9.53. The average molecular weight is 494 g/mol. The van der Waals surface area contributed by atoms with Crippen LogP contribution in [0, 0.1) is 5.82 Å². The number of rotatable bonds is 7. The smallest absolute Gasteiger partial charge is 0.341 e. The normalized spacial score (nSPS) is 18.3. The van der Waals surface area contributed by atoms with Crippen molar-refractivity contribution >= 4 is 29.7 Å². The van der Waals surface area contributed by atoms with E-state index >= 15 is 4.39 Å². The van der Waals surface area contributed by atoms with Crippen LogP contribution in [-0.4, -0.2) is 55.3 Å². The summed E-state index contributed by atoms with van der Waals surface area (Å²) < 4.78 is 49.7. The Hall–Kier alpha value is -2.67. The lowest BCUT2D eigenvalue weighted by molar-refractivity contribution is 0.0694. The number of piperidine rings is 1. The first-order valence-corrected chi connectivity index (χ1v) is 14.1. The molecular formula is C24H29F2N2O5P. The highest BCUT2D eigenvalue weighted by Gasteiger charge is 2.32. The van der Waals surface area contributed by atoms with Crippen LogP contribution >= 0.6 is 7.14 Å². The number of pyridine rings is 1. The number of allylic oxidation sites excluding steroid dienone is 1. The van der Waals surface area contributed by atoms with Gasteiger partial charge in [0.15, 0.2) is 11.6 Å². The maximum Gasteiger partial charge on any atom is 0.341 e. The fraction of sp³-hybridized carbons (Fsp3) is 0.500. The SMILES string of the molecule is COc1c(N2CCC/C(=C(\F)CCP(C)(C)=O)C2)c(F)cc2c(=O)c(C(=O)O)cn(C3CC3)c12. The molecule has 7 nitrogen and oxygen atoms in total. The molecule has 0 atom stereocenters. The molecular weight excluding hydrogens is 465 g/mol. The maximum absolute atomic E-state index is 15.5. The number of carbonyl (C=O) groups is 1. The fourth-order valence-corrected chi connectivity index (χ4v) is 5.29. The summed E-state index contributed by atoms with van der Waals surface area (Å²) in [5.74, 6) is -2.26. The molecule has 0 bridgehead atoms. The van der Waals surface area contributed by atoms with Crippen LogP contribution in [0.4, 0.5) is 14.5 Å². The molecule has 1 N–H and O–H groups in total. The number of anilines is 1.